The number of aryl methyl sites for hydroxylation is 1. The highest BCUT2D eigenvalue weighted by Crippen LogP contribution is 2.17. The van der Waals surface area contributed by atoms with Crippen LogP contribution in [0, 0.1) is 0 Å². The maximum Gasteiger partial charge on any atom is 0.246 e. The Balaban J connectivity index is 2.25. The molecule has 0 spiro atoms. The first kappa shape index (κ1) is 14.5. The van der Waals surface area contributed by atoms with Crippen LogP contribution in [-0.2, 0) is 22.6 Å². The summed E-state index contributed by atoms with van der Waals surface area (Å²) in [4.78, 5) is 30.3. The molecule has 0 bridgehead atoms. The van der Waals surface area contributed by atoms with E-state index in [1.165, 1.54) is 0 Å². The third-order valence-electron chi connectivity index (χ3n) is 3.84. The van der Waals surface area contributed by atoms with Gasteiger partial charge in [0.2, 0.25) is 11.8 Å². The Kier molecular flexibility index (Phi) is 4.37. The maximum atomic E-state index is 12.4. The molecule has 2 amide bonds. The van der Waals surface area contributed by atoms with Crippen molar-refractivity contribution >= 4 is 11.8 Å². The summed E-state index contributed by atoms with van der Waals surface area (Å²) in [6.45, 7) is 6.11. The van der Waals surface area contributed by atoms with Crippen LogP contribution >= 0.6 is 0 Å². The highest BCUT2D eigenvalue weighted by atomic mass is 16.2. The Labute approximate surface area is 119 Å². The van der Waals surface area contributed by atoms with E-state index in [9.17, 15) is 9.59 Å². The molecule has 1 aromatic heterocycles. The predicted octanol–water partition coefficient (Wildman–Crippen LogP) is 1.27. The van der Waals surface area contributed by atoms with Crippen LogP contribution in [0.2, 0.25) is 0 Å². The van der Waals surface area contributed by atoms with Crippen LogP contribution < -0.4 is 5.32 Å². The van der Waals surface area contributed by atoms with Gasteiger partial charge in [0.05, 0.1) is 12.2 Å². The summed E-state index contributed by atoms with van der Waals surface area (Å²) in [6, 6.07) is 3.05. The fraction of sp³-hybridized carbons (Fsp3) is 0.533. The Bertz CT molecular complexity index is 516. The lowest BCUT2D eigenvalue weighted by atomic mass is 10.0. The van der Waals surface area contributed by atoms with Gasteiger partial charge in [0.15, 0.2) is 0 Å². The molecule has 0 aliphatic carbocycles. The number of amides is 2. The minimum absolute atomic E-state index is 0.0210. The Hall–Kier alpha value is -1.91. The van der Waals surface area contributed by atoms with Gasteiger partial charge >= 0.3 is 0 Å². The first-order chi connectivity index (χ1) is 9.58. The SMILES string of the molecule is CCc1cccnc1CN1C(=O)C(CC)NC(=O)C1C. The van der Waals surface area contributed by atoms with Crippen molar-refractivity contribution in [2.75, 3.05) is 0 Å². The number of aromatic nitrogens is 1. The third-order valence-corrected chi connectivity index (χ3v) is 3.84. The van der Waals surface area contributed by atoms with Crippen molar-refractivity contribution in [2.24, 2.45) is 0 Å². The van der Waals surface area contributed by atoms with Crippen molar-refractivity contribution in [2.45, 2.75) is 52.2 Å². The molecule has 2 heterocycles. The number of nitrogens with zero attached hydrogens (tertiary/aromatic N) is 2. The Morgan fingerprint density at radius 3 is 2.75 bits per heavy atom. The monoisotopic (exact) mass is 275 g/mol. The molecule has 1 saturated heterocycles. The molecule has 1 aromatic rings. The van der Waals surface area contributed by atoms with Gasteiger partial charge in [-0.05, 0) is 31.4 Å². The third kappa shape index (κ3) is 2.66. The highest BCUT2D eigenvalue weighted by molar-refractivity contribution is 5.96. The average Bonchev–Trinajstić information content (AvgIpc) is 2.47. The molecule has 20 heavy (non-hydrogen) atoms. The number of hydrogen-bond donors (Lipinski definition) is 1. The van der Waals surface area contributed by atoms with E-state index in [2.05, 4.69) is 17.2 Å². The lowest BCUT2D eigenvalue weighted by Crippen LogP contribution is -2.61. The van der Waals surface area contributed by atoms with Crippen LogP contribution in [-0.4, -0.2) is 33.8 Å². The normalized spacial score (nSPS) is 22.9. The fourth-order valence-electron chi connectivity index (χ4n) is 2.48. The second-order valence-corrected chi connectivity index (χ2v) is 5.07. The molecular formula is C15H21N3O2. The number of rotatable bonds is 4. The molecule has 1 fully saturated rings. The van der Waals surface area contributed by atoms with Crippen LogP contribution in [0.15, 0.2) is 18.3 Å². The van der Waals surface area contributed by atoms with Crippen LogP contribution in [0.5, 0.6) is 0 Å². The van der Waals surface area contributed by atoms with E-state index in [0.29, 0.717) is 13.0 Å². The number of nitrogens with one attached hydrogen (secondary N) is 1. The molecule has 5 heteroatoms. The molecule has 0 radical (unpaired) electrons. The quantitative estimate of drug-likeness (QED) is 0.900. The second kappa shape index (κ2) is 6.03. The van der Waals surface area contributed by atoms with Crippen LogP contribution in [0.25, 0.3) is 0 Å². The molecular weight excluding hydrogens is 254 g/mol. The van der Waals surface area contributed by atoms with Gasteiger partial charge in [-0.15, -0.1) is 0 Å². The molecule has 1 aliphatic heterocycles. The summed E-state index contributed by atoms with van der Waals surface area (Å²) in [5.74, 6) is -0.113. The lowest BCUT2D eigenvalue weighted by Gasteiger charge is -2.37. The zero-order chi connectivity index (χ0) is 14.7. The zero-order valence-electron chi connectivity index (χ0n) is 12.2. The van der Waals surface area contributed by atoms with E-state index in [1.54, 1.807) is 18.0 Å². The molecule has 0 saturated carbocycles. The largest absolute Gasteiger partial charge is 0.343 e. The topological polar surface area (TPSA) is 62.3 Å². The number of carbonyl (C=O) groups excluding carboxylic acids is 2. The summed E-state index contributed by atoms with van der Waals surface area (Å²) in [7, 11) is 0. The fourth-order valence-corrected chi connectivity index (χ4v) is 2.48. The molecule has 0 aromatic carbocycles. The molecule has 2 atom stereocenters. The van der Waals surface area contributed by atoms with Crippen LogP contribution in [0.4, 0.5) is 0 Å². The first-order valence-electron chi connectivity index (χ1n) is 7.12. The van der Waals surface area contributed by atoms with E-state index >= 15 is 0 Å². The maximum absolute atomic E-state index is 12.4. The Morgan fingerprint density at radius 2 is 2.10 bits per heavy atom. The van der Waals surface area contributed by atoms with Crippen molar-refractivity contribution in [3.63, 3.8) is 0 Å². The first-order valence-corrected chi connectivity index (χ1v) is 7.12. The molecule has 1 aliphatic rings. The van der Waals surface area contributed by atoms with Crippen molar-refractivity contribution in [1.29, 1.82) is 0 Å². The molecule has 2 rings (SSSR count). The van der Waals surface area contributed by atoms with E-state index in [4.69, 9.17) is 0 Å². The molecule has 2 unspecified atom stereocenters. The summed E-state index contributed by atoms with van der Waals surface area (Å²) < 4.78 is 0. The predicted molar refractivity (Wildman–Crippen MR) is 75.8 cm³/mol. The van der Waals surface area contributed by atoms with Gasteiger partial charge in [-0.2, -0.15) is 0 Å². The summed E-state index contributed by atoms with van der Waals surface area (Å²) >= 11 is 0. The van der Waals surface area contributed by atoms with E-state index in [0.717, 1.165) is 17.7 Å². The highest BCUT2D eigenvalue weighted by Gasteiger charge is 2.37. The van der Waals surface area contributed by atoms with Gasteiger partial charge in [-0.25, -0.2) is 0 Å². The van der Waals surface area contributed by atoms with Crippen molar-refractivity contribution < 1.29 is 9.59 Å². The molecule has 108 valence electrons. The van der Waals surface area contributed by atoms with Gasteiger partial charge in [0, 0.05) is 6.20 Å². The van der Waals surface area contributed by atoms with Gasteiger partial charge < -0.3 is 10.2 Å². The van der Waals surface area contributed by atoms with Crippen LogP contribution in [0.1, 0.15) is 38.4 Å². The van der Waals surface area contributed by atoms with Gasteiger partial charge in [-0.3, -0.25) is 14.6 Å². The van der Waals surface area contributed by atoms with E-state index in [1.807, 2.05) is 19.1 Å². The second-order valence-electron chi connectivity index (χ2n) is 5.07. The number of pyridine rings is 1. The van der Waals surface area contributed by atoms with Gasteiger partial charge in [0.25, 0.3) is 0 Å². The minimum atomic E-state index is -0.447. The van der Waals surface area contributed by atoms with Gasteiger partial charge in [0.1, 0.15) is 12.1 Å². The minimum Gasteiger partial charge on any atom is -0.343 e. The van der Waals surface area contributed by atoms with Crippen LogP contribution in [0.3, 0.4) is 0 Å². The van der Waals surface area contributed by atoms with Gasteiger partial charge in [-0.1, -0.05) is 19.9 Å². The zero-order valence-corrected chi connectivity index (χ0v) is 12.2. The number of carbonyl (C=O) groups is 2. The standard InChI is InChI=1S/C15H21N3O2/c1-4-11-7-6-8-16-13(11)9-18-10(3)14(19)17-12(5-2)15(18)20/h6-8,10,12H,4-5,9H2,1-3H3,(H,17,19). The van der Waals surface area contributed by atoms with Crippen molar-refractivity contribution in [3.8, 4) is 0 Å². The smallest absolute Gasteiger partial charge is 0.246 e. The lowest BCUT2D eigenvalue weighted by molar-refractivity contribution is -0.149. The number of piperazine rings is 1. The van der Waals surface area contributed by atoms with Crippen molar-refractivity contribution in [1.82, 2.24) is 15.2 Å². The average molecular weight is 275 g/mol. The summed E-state index contributed by atoms with van der Waals surface area (Å²) in [5.41, 5.74) is 1.99. The van der Waals surface area contributed by atoms with Crippen molar-refractivity contribution in [3.05, 3.63) is 29.6 Å². The molecule has 1 N–H and O–H groups in total. The summed E-state index contributed by atoms with van der Waals surface area (Å²) in [5, 5.41) is 2.76. The van der Waals surface area contributed by atoms with E-state index in [-0.39, 0.29) is 11.8 Å². The summed E-state index contributed by atoms with van der Waals surface area (Å²) in [6.07, 6.45) is 3.20. The number of hydrogen-bond acceptors (Lipinski definition) is 3. The van der Waals surface area contributed by atoms with E-state index < -0.39 is 12.1 Å². The Morgan fingerprint density at radius 1 is 1.35 bits per heavy atom. The molecule has 5 nitrogen and oxygen atoms in total.